The maximum absolute atomic E-state index is 13.6. The van der Waals surface area contributed by atoms with Crippen molar-refractivity contribution in [2.45, 2.75) is 6.10 Å². The van der Waals surface area contributed by atoms with Gasteiger partial charge >= 0.3 is 0 Å². The molecular weight excluding hydrogens is 321 g/mol. The summed E-state index contributed by atoms with van der Waals surface area (Å²) >= 11 is 3.19. The minimum atomic E-state index is -0.897. The molecule has 20 heavy (non-hydrogen) atoms. The highest BCUT2D eigenvalue weighted by Crippen LogP contribution is 2.33. The number of rotatable bonds is 2. The summed E-state index contributed by atoms with van der Waals surface area (Å²) in [5, 5.41) is 12.4. The zero-order valence-corrected chi connectivity index (χ0v) is 12.0. The van der Waals surface area contributed by atoms with Crippen molar-refractivity contribution < 1.29 is 9.50 Å². The maximum Gasteiger partial charge on any atom is 0.137 e. The van der Waals surface area contributed by atoms with Crippen LogP contribution in [0.5, 0.6) is 0 Å². The molecule has 2 nitrogen and oxygen atoms in total. The molecule has 1 atom stereocenters. The van der Waals surface area contributed by atoms with Gasteiger partial charge in [-0.25, -0.2) is 4.39 Å². The predicted octanol–water partition coefficient (Wildman–Crippen LogP) is 4.22. The van der Waals surface area contributed by atoms with Crippen molar-refractivity contribution in [2.24, 2.45) is 0 Å². The van der Waals surface area contributed by atoms with Gasteiger partial charge < -0.3 is 5.11 Å². The summed E-state index contributed by atoms with van der Waals surface area (Å²) in [7, 11) is 0. The van der Waals surface area contributed by atoms with Crippen molar-refractivity contribution in [3.05, 3.63) is 76.3 Å². The molecule has 100 valence electrons. The summed E-state index contributed by atoms with van der Waals surface area (Å²) in [6.45, 7) is 0. The summed E-state index contributed by atoms with van der Waals surface area (Å²) < 4.78 is 13.9. The van der Waals surface area contributed by atoms with Crippen LogP contribution in [0.15, 0.2) is 59.3 Å². The Kier molecular flexibility index (Phi) is 3.51. The molecule has 0 amide bonds. The molecule has 0 radical (unpaired) electrons. The Balaban J connectivity index is 2.18. The van der Waals surface area contributed by atoms with E-state index in [4.69, 9.17) is 0 Å². The minimum Gasteiger partial charge on any atom is -0.384 e. The SMILES string of the molecule is OC(c1cccc(F)c1Br)c1cccc2cnccc12. The zero-order valence-electron chi connectivity index (χ0n) is 10.4. The van der Waals surface area contributed by atoms with Gasteiger partial charge in [0, 0.05) is 23.3 Å². The Morgan fingerprint density at radius 2 is 1.80 bits per heavy atom. The van der Waals surface area contributed by atoms with Crippen LogP contribution in [0.25, 0.3) is 10.8 Å². The molecular formula is C16H11BrFNO. The van der Waals surface area contributed by atoms with E-state index in [1.165, 1.54) is 6.07 Å². The Bertz CT molecular complexity index is 770. The van der Waals surface area contributed by atoms with Gasteiger partial charge in [0.2, 0.25) is 0 Å². The first-order valence-corrected chi connectivity index (χ1v) is 6.92. The van der Waals surface area contributed by atoms with Crippen molar-refractivity contribution in [1.82, 2.24) is 4.98 Å². The van der Waals surface area contributed by atoms with Gasteiger partial charge in [-0.3, -0.25) is 4.98 Å². The highest BCUT2D eigenvalue weighted by atomic mass is 79.9. The topological polar surface area (TPSA) is 33.1 Å². The second-order valence-electron chi connectivity index (χ2n) is 4.49. The number of aliphatic hydroxyl groups is 1. The molecule has 0 fully saturated rings. The standard InChI is InChI=1S/C16H11BrFNO/c17-15-13(5-2-6-14(15)18)16(20)12-4-1-3-10-9-19-8-7-11(10)12/h1-9,16,20H. The Labute approximate surface area is 124 Å². The van der Waals surface area contributed by atoms with Crippen LogP contribution in [0, 0.1) is 5.82 Å². The number of hydrogen-bond acceptors (Lipinski definition) is 2. The number of nitrogens with zero attached hydrogens (tertiary/aromatic N) is 1. The molecule has 3 aromatic rings. The molecule has 1 unspecified atom stereocenters. The van der Waals surface area contributed by atoms with Crippen LogP contribution in [0.4, 0.5) is 4.39 Å². The van der Waals surface area contributed by atoms with Gasteiger partial charge in [0.25, 0.3) is 0 Å². The maximum atomic E-state index is 13.6. The molecule has 0 bridgehead atoms. The zero-order chi connectivity index (χ0) is 14.1. The van der Waals surface area contributed by atoms with Gasteiger partial charge in [-0.1, -0.05) is 30.3 Å². The molecule has 0 saturated carbocycles. The van der Waals surface area contributed by atoms with Gasteiger partial charge in [0.1, 0.15) is 11.9 Å². The van der Waals surface area contributed by atoms with Crippen molar-refractivity contribution >= 4 is 26.7 Å². The van der Waals surface area contributed by atoms with Gasteiger partial charge in [-0.05, 0) is 39.0 Å². The van der Waals surface area contributed by atoms with Gasteiger partial charge in [0.05, 0.1) is 4.47 Å². The van der Waals surface area contributed by atoms with Crippen LogP contribution < -0.4 is 0 Å². The minimum absolute atomic E-state index is 0.290. The third-order valence-electron chi connectivity index (χ3n) is 3.29. The van der Waals surface area contributed by atoms with Crippen LogP contribution in [-0.4, -0.2) is 10.1 Å². The molecule has 0 spiro atoms. The first-order valence-electron chi connectivity index (χ1n) is 6.13. The van der Waals surface area contributed by atoms with E-state index in [9.17, 15) is 9.50 Å². The normalized spacial score (nSPS) is 12.6. The highest BCUT2D eigenvalue weighted by molar-refractivity contribution is 9.10. The number of halogens is 2. The average Bonchev–Trinajstić information content (AvgIpc) is 2.49. The number of fused-ring (bicyclic) bond motifs is 1. The second kappa shape index (κ2) is 5.31. The smallest absolute Gasteiger partial charge is 0.137 e. The number of pyridine rings is 1. The van der Waals surface area contributed by atoms with Crippen LogP contribution in [0.3, 0.4) is 0 Å². The number of aromatic nitrogens is 1. The second-order valence-corrected chi connectivity index (χ2v) is 5.28. The average molecular weight is 332 g/mol. The molecule has 1 heterocycles. The third-order valence-corrected chi connectivity index (χ3v) is 4.12. The Morgan fingerprint density at radius 1 is 1.05 bits per heavy atom. The van der Waals surface area contributed by atoms with E-state index in [2.05, 4.69) is 20.9 Å². The molecule has 0 saturated heterocycles. The lowest BCUT2D eigenvalue weighted by Gasteiger charge is -2.15. The van der Waals surface area contributed by atoms with E-state index in [0.717, 1.165) is 16.3 Å². The fourth-order valence-electron chi connectivity index (χ4n) is 2.29. The van der Waals surface area contributed by atoms with E-state index >= 15 is 0 Å². The summed E-state index contributed by atoms with van der Waals surface area (Å²) in [6, 6.07) is 12.1. The van der Waals surface area contributed by atoms with Crippen molar-refractivity contribution in [1.29, 1.82) is 0 Å². The van der Waals surface area contributed by atoms with Crippen LogP contribution in [0.1, 0.15) is 17.2 Å². The van der Waals surface area contributed by atoms with E-state index < -0.39 is 6.10 Å². The third kappa shape index (κ3) is 2.21. The predicted molar refractivity (Wildman–Crippen MR) is 79.9 cm³/mol. The molecule has 1 N–H and O–H groups in total. The molecule has 3 rings (SSSR count). The van der Waals surface area contributed by atoms with Gasteiger partial charge in [-0.15, -0.1) is 0 Å². The lowest BCUT2D eigenvalue weighted by Crippen LogP contribution is -2.02. The van der Waals surface area contributed by atoms with E-state index in [-0.39, 0.29) is 5.82 Å². The van der Waals surface area contributed by atoms with Crippen LogP contribution >= 0.6 is 15.9 Å². The molecule has 0 aliphatic heterocycles. The van der Waals surface area contributed by atoms with Gasteiger partial charge in [-0.2, -0.15) is 0 Å². The van der Waals surface area contributed by atoms with Crippen molar-refractivity contribution in [3.63, 3.8) is 0 Å². The largest absolute Gasteiger partial charge is 0.384 e. The molecule has 0 aliphatic rings. The van der Waals surface area contributed by atoms with Crippen molar-refractivity contribution in [2.75, 3.05) is 0 Å². The molecule has 0 aliphatic carbocycles. The molecule has 2 aromatic carbocycles. The molecule has 4 heteroatoms. The number of hydrogen-bond donors (Lipinski definition) is 1. The van der Waals surface area contributed by atoms with E-state index in [1.807, 2.05) is 24.3 Å². The first kappa shape index (κ1) is 13.2. The fraction of sp³-hybridized carbons (Fsp3) is 0.0625. The first-order chi connectivity index (χ1) is 9.68. The lowest BCUT2D eigenvalue weighted by atomic mass is 9.97. The van der Waals surface area contributed by atoms with Gasteiger partial charge in [0.15, 0.2) is 0 Å². The summed E-state index contributed by atoms with van der Waals surface area (Å²) in [5.74, 6) is -0.386. The van der Waals surface area contributed by atoms with E-state index in [1.54, 1.807) is 24.5 Å². The lowest BCUT2D eigenvalue weighted by molar-refractivity contribution is 0.220. The highest BCUT2D eigenvalue weighted by Gasteiger charge is 2.17. The Hall–Kier alpha value is -1.78. The number of aliphatic hydroxyl groups excluding tert-OH is 1. The van der Waals surface area contributed by atoms with Crippen LogP contribution in [-0.2, 0) is 0 Å². The quantitative estimate of drug-likeness (QED) is 0.762. The summed E-state index contributed by atoms with van der Waals surface area (Å²) in [4.78, 5) is 4.07. The van der Waals surface area contributed by atoms with Crippen molar-refractivity contribution in [3.8, 4) is 0 Å². The fourth-order valence-corrected chi connectivity index (χ4v) is 2.77. The molecule has 1 aromatic heterocycles. The summed E-state index contributed by atoms with van der Waals surface area (Å²) in [5.41, 5.74) is 1.24. The monoisotopic (exact) mass is 331 g/mol. The number of benzene rings is 2. The van der Waals surface area contributed by atoms with E-state index in [0.29, 0.717) is 10.0 Å². The summed E-state index contributed by atoms with van der Waals surface area (Å²) in [6.07, 6.45) is 2.52. The van der Waals surface area contributed by atoms with Crippen LogP contribution in [0.2, 0.25) is 0 Å². The Morgan fingerprint density at radius 3 is 2.65 bits per heavy atom.